The van der Waals surface area contributed by atoms with E-state index in [0.717, 1.165) is 24.2 Å². The summed E-state index contributed by atoms with van der Waals surface area (Å²) in [6.07, 6.45) is 4.77. The van der Waals surface area contributed by atoms with Gasteiger partial charge in [0.2, 0.25) is 0 Å². The maximum atomic E-state index is 11.8. The smallest absolute Gasteiger partial charge is 0.333 e. The molecule has 0 aliphatic heterocycles. The molecule has 2 saturated carbocycles. The molecular formula is C16H26O2. The SMILES string of the molecule is C=C(C)C(=O)OC1(C)CC2CC1C(CC)C2CC. The van der Waals surface area contributed by atoms with Crippen molar-refractivity contribution in [1.29, 1.82) is 0 Å². The summed E-state index contributed by atoms with van der Waals surface area (Å²) in [7, 11) is 0. The molecule has 0 aromatic carbocycles. The van der Waals surface area contributed by atoms with E-state index in [-0.39, 0.29) is 11.6 Å². The normalized spacial score (nSPS) is 42.0. The Morgan fingerprint density at radius 1 is 1.33 bits per heavy atom. The van der Waals surface area contributed by atoms with E-state index < -0.39 is 0 Å². The number of rotatable bonds is 4. The second-order valence-electron chi connectivity index (χ2n) is 6.43. The fourth-order valence-corrected chi connectivity index (χ4v) is 4.57. The highest BCUT2D eigenvalue weighted by atomic mass is 16.6. The molecule has 102 valence electrons. The molecule has 2 nitrogen and oxygen atoms in total. The van der Waals surface area contributed by atoms with E-state index in [0.29, 0.717) is 11.5 Å². The molecule has 2 aliphatic carbocycles. The van der Waals surface area contributed by atoms with E-state index >= 15 is 0 Å². The summed E-state index contributed by atoms with van der Waals surface area (Å²) in [5.41, 5.74) is 0.270. The van der Waals surface area contributed by atoms with Crippen LogP contribution in [-0.4, -0.2) is 11.6 Å². The Labute approximate surface area is 111 Å². The Bertz CT molecular complexity index is 360. The molecule has 0 spiro atoms. The fraction of sp³-hybridized carbons (Fsp3) is 0.812. The van der Waals surface area contributed by atoms with Gasteiger partial charge in [0.1, 0.15) is 5.60 Å². The van der Waals surface area contributed by atoms with Crippen LogP contribution in [0, 0.1) is 23.7 Å². The van der Waals surface area contributed by atoms with Crippen LogP contribution in [0.4, 0.5) is 0 Å². The largest absolute Gasteiger partial charge is 0.456 e. The van der Waals surface area contributed by atoms with Crippen LogP contribution in [0.1, 0.15) is 53.4 Å². The number of hydrogen-bond donors (Lipinski definition) is 0. The van der Waals surface area contributed by atoms with Gasteiger partial charge in [0, 0.05) is 11.5 Å². The van der Waals surface area contributed by atoms with Crippen LogP contribution in [0.25, 0.3) is 0 Å². The van der Waals surface area contributed by atoms with Gasteiger partial charge in [-0.15, -0.1) is 0 Å². The van der Waals surface area contributed by atoms with Crippen molar-refractivity contribution in [2.45, 2.75) is 59.0 Å². The van der Waals surface area contributed by atoms with E-state index in [4.69, 9.17) is 4.74 Å². The minimum Gasteiger partial charge on any atom is -0.456 e. The number of ether oxygens (including phenoxy) is 1. The number of fused-ring (bicyclic) bond motifs is 2. The average Bonchev–Trinajstić information content (AvgIpc) is 2.81. The Morgan fingerprint density at radius 2 is 1.94 bits per heavy atom. The van der Waals surface area contributed by atoms with E-state index in [9.17, 15) is 4.79 Å². The van der Waals surface area contributed by atoms with Gasteiger partial charge in [0.25, 0.3) is 0 Å². The van der Waals surface area contributed by atoms with Crippen molar-refractivity contribution < 1.29 is 9.53 Å². The standard InChI is InChI=1S/C16H26O2/c1-6-12-11-8-14(13(12)7-2)16(5,9-11)18-15(17)10(3)4/h11-14H,3,6-9H2,1-2,4-5H3. The van der Waals surface area contributed by atoms with Crippen LogP contribution in [0.3, 0.4) is 0 Å². The summed E-state index contributed by atoms with van der Waals surface area (Å²) in [6.45, 7) is 12.1. The molecule has 5 unspecified atom stereocenters. The first-order valence-electron chi connectivity index (χ1n) is 7.31. The number of hydrogen-bond acceptors (Lipinski definition) is 2. The minimum absolute atomic E-state index is 0.215. The third-order valence-corrected chi connectivity index (χ3v) is 5.30. The van der Waals surface area contributed by atoms with E-state index in [1.165, 1.54) is 19.3 Å². The van der Waals surface area contributed by atoms with Crippen LogP contribution >= 0.6 is 0 Å². The van der Waals surface area contributed by atoms with Crippen molar-refractivity contribution in [2.24, 2.45) is 23.7 Å². The molecule has 2 fully saturated rings. The van der Waals surface area contributed by atoms with Gasteiger partial charge in [0.15, 0.2) is 0 Å². The van der Waals surface area contributed by atoms with E-state index in [2.05, 4.69) is 27.4 Å². The third kappa shape index (κ3) is 2.00. The summed E-state index contributed by atoms with van der Waals surface area (Å²) >= 11 is 0. The second-order valence-corrected chi connectivity index (χ2v) is 6.43. The summed E-state index contributed by atoms with van der Waals surface area (Å²) in [4.78, 5) is 11.8. The van der Waals surface area contributed by atoms with E-state index in [1.54, 1.807) is 6.92 Å². The van der Waals surface area contributed by atoms with Gasteiger partial charge in [-0.2, -0.15) is 0 Å². The molecule has 0 heterocycles. The zero-order chi connectivity index (χ0) is 13.5. The highest BCUT2D eigenvalue weighted by molar-refractivity contribution is 5.87. The highest BCUT2D eigenvalue weighted by Crippen LogP contribution is 2.60. The zero-order valence-electron chi connectivity index (χ0n) is 12.2. The summed E-state index contributed by atoms with van der Waals surface area (Å²) in [5, 5.41) is 0. The molecular weight excluding hydrogens is 224 g/mol. The number of esters is 1. The van der Waals surface area contributed by atoms with Gasteiger partial charge in [-0.05, 0) is 44.4 Å². The molecule has 2 heteroatoms. The minimum atomic E-state index is -0.243. The van der Waals surface area contributed by atoms with E-state index in [1.807, 2.05) is 0 Å². The highest BCUT2D eigenvalue weighted by Gasteiger charge is 2.58. The van der Waals surface area contributed by atoms with Crippen LogP contribution in [0.5, 0.6) is 0 Å². The molecule has 0 amide bonds. The third-order valence-electron chi connectivity index (χ3n) is 5.30. The lowest BCUT2D eigenvalue weighted by Crippen LogP contribution is -2.43. The summed E-state index contributed by atoms with van der Waals surface area (Å²) in [5.74, 6) is 2.68. The van der Waals surface area contributed by atoms with Crippen molar-refractivity contribution in [1.82, 2.24) is 0 Å². The predicted octanol–water partition coefficient (Wildman–Crippen LogP) is 3.96. The molecule has 0 aromatic heterocycles. The maximum absolute atomic E-state index is 11.8. The first-order valence-corrected chi connectivity index (χ1v) is 7.31. The van der Waals surface area contributed by atoms with Gasteiger partial charge in [-0.1, -0.05) is 33.3 Å². The molecule has 2 aliphatic rings. The molecule has 0 aromatic rings. The van der Waals surface area contributed by atoms with Crippen LogP contribution in [0.2, 0.25) is 0 Å². The first kappa shape index (κ1) is 13.6. The molecule has 0 radical (unpaired) electrons. The molecule has 18 heavy (non-hydrogen) atoms. The second kappa shape index (κ2) is 4.71. The van der Waals surface area contributed by atoms with Crippen molar-refractivity contribution in [3.8, 4) is 0 Å². The lowest BCUT2D eigenvalue weighted by Gasteiger charge is -2.41. The average molecular weight is 250 g/mol. The van der Waals surface area contributed by atoms with Crippen molar-refractivity contribution in [3.05, 3.63) is 12.2 Å². The Morgan fingerprint density at radius 3 is 2.44 bits per heavy atom. The topological polar surface area (TPSA) is 26.3 Å². The first-order chi connectivity index (χ1) is 8.42. The molecule has 0 saturated heterocycles. The van der Waals surface area contributed by atoms with Gasteiger partial charge >= 0.3 is 5.97 Å². The molecule has 2 rings (SSSR count). The lowest BCUT2D eigenvalue weighted by atomic mass is 9.70. The summed E-state index contributed by atoms with van der Waals surface area (Å²) < 4.78 is 5.78. The number of carbonyl (C=O) groups is 1. The van der Waals surface area contributed by atoms with Gasteiger partial charge < -0.3 is 4.74 Å². The number of carbonyl (C=O) groups excluding carboxylic acids is 1. The quantitative estimate of drug-likeness (QED) is 0.557. The van der Waals surface area contributed by atoms with Gasteiger partial charge in [-0.25, -0.2) is 4.79 Å². The lowest BCUT2D eigenvalue weighted by molar-refractivity contribution is -0.162. The molecule has 2 bridgehead atoms. The van der Waals surface area contributed by atoms with Crippen LogP contribution in [-0.2, 0) is 9.53 Å². The fourth-order valence-electron chi connectivity index (χ4n) is 4.57. The van der Waals surface area contributed by atoms with Gasteiger partial charge in [-0.3, -0.25) is 0 Å². The van der Waals surface area contributed by atoms with Gasteiger partial charge in [0.05, 0.1) is 0 Å². The monoisotopic (exact) mass is 250 g/mol. The zero-order valence-corrected chi connectivity index (χ0v) is 12.2. The predicted molar refractivity (Wildman–Crippen MR) is 73.1 cm³/mol. The molecule has 5 atom stereocenters. The molecule has 0 N–H and O–H groups in total. The van der Waals surface area contributed by atoms with Crippen LogP contribution < -0.4 is 0 Å². The Hall–Kier alpha value is -0.790. The van der Waals surface area contributed by atoms with Crippen molar-refractivity contribution in [3.63, 3.8) is 0 Å². The Kier molecular flexibility index (Phi) is 3.57. The van der Waals surface area contributed by atoms with Crippen molar-refractivity contribution >= 4 is 5.97 Å². The van der Waals surface area contributed by atoms with Crippen molar-refractivity contribution in [2.75, 3.05) is 0 Å². The maximum Gasteiger partial charge on any atom is 0.333 e. The summed E-state index contributed by atoms with van der Waals surface area (Å²) in [6, 6.07) is 0. The van der Waals surface area contributed by atoms with Crippen LogP contribution in [0.15, 0.2) is 12.2 Å². The Balaban J connectivity index is 2.14.